The number of amides is 11. The molecule has 17 N–H and O–H groups in total. The number of primary amides is 3. The third-order valence-electron chi connectivity index (χ3n) is 11.2. The number of nitrogens with two attached hydrogens (primary N) is 5. The van der Waals surface area contributed by atoms with E-state index in [1.54, 1.807) is 44.2 Å². The Hall–Kier alpha value is -5.99. The van der Waals surface area contributed by atoms with Crippen LogP contribution in [0.1, 0.15) is 70.8 Å². The van der Waals surface area contributed by atoms with Crippen molar-refractivity contribution in [3.8, 4) is 0 Å². The van der Waals surface area contributed by atoms with E-state index < -0.39 is 139 Å². The zero-order valence-electron chi connectivity index (χ0n) is 38.1. The number of carbonyl (C=O) groups excluding carboxylic acids is 11. The minimum atomic E-state index is -1.74. The molecule has 2 aliphatic rings. The van der Waals surface area contributed by atoms with Crippen molar-refractivity contribution in [1.82, 2.24) is 42.1 Å². The molecule has 9 atom stereocenters. The van der Waals surface area contributed by atoms with Gasteiger partial charge in [-0.1, -0.05) is 72.2 Å². The molecule has 1 unspecified atom stereocenters. The molecular formula is C42H65N13O11S2. The molecule has 0 bridgehead atoms. The fraction of sp³-hybridized carbons (Fsp3) is 0.595. The number of likely N-dealkylation sites (tertiary alicyclic amines) is 1. The molecule has 26 heteroatoms. The number of rotatable bonds is 18. The Kier molecular flexibility index (Phi) is 23.5. The molecule has 2 saturated heterocycles. The van der Waals surface area contributed by atoms with Gasteiger partial charge in [0.15, 0.2) is 0 Å². The maximum Gasteiger partial charge on any atom is 0.246 e. The van der Waals surface area contributed by atoms with Crippen LogP contribution in [0.4, 0.5) is 0 Å². The molecule has 24 nitrogen and oxygen atoms in total. The minimum Gasteiger partial charge on any atom is -0.370 e. The van der Waals surface area contributed by atoms with Crippen LogP contribution >= 0.6 is 21.6 Å². The molecule has 0 radical (unpaired) electrons. The summed E-state index contributed by atoms with van der Waals surface area (Å²) in [6.07, 6.45) is -0.293. The summed E-state index contributed by atoms with van der Waals surface area (Å²) in [6, 6.07) is -2.00. The van der Waals surface area contributed by atoms with Gasteiger partial charge in [0.25, 0.3) is 0 Å². The first-order valence-electron chi connectivity index (χ1n) is 22.2. The zero-order chi connectivity index (χ0) is 50.5. The lowest BCUT2D eigenvalue weighted by molar-refractivity contribution is -0.142. The predicted octanol–water partition coefficient (Wildman–Crippen LogP) is -4.62. The molecule has 2 heterocycles. The molecule has 1 aromatic rings. The number of benzene rings is 1. The van der Waals surface area contributed by atoms with E-state index >= 15 is 0 Å². The Balaban J connectivity index is 2.04. The molecule has 0 saturated carbocycles. The van der Waals surface area contributed by atoms with E-state index in [1.165, 1.54) is 4.90 Å². The van der Waals surface area contributed by atoms with Gasteiger partial charge in [-0.3, -0.25) is 52.7 Å². The van der Waals surface area contributed by atoms with Gasteiger partial charge < -0.3 is 70.8 Å². The molecule has 0 spiro atoms. The number of nitrogens with zero attached hydrogens (tertiary/aromatic N) is 1. The number of carbonyl (C=O) groups is 11. The summed E-state index contributed by atoms with van der Waals surface area (Å²) in [5.74, 6) is -10.1. The third-order valence-corrected chi connectivity index (χ3v) is 13.6. The summed E-state index contributed by atoms with van der Waals surface area (Å²) in [5, 5.41) is 17.9. The van der Waals surface area contributed by atoms with Crippen molar-refractivity contribution in [2.24, 2.45) is 34.6 Å². The van der Waals surface area contributed by atoms with E-state index in [0.717, 1.165) is 21.6 Å². The van der Waals surface area contributed by atoms with Crippen LogP contribution in [0.3, 0.4) is 0 Å². The summed E-state index contributed by atoms with van der Waals surface area (Å²) >= 11 is 0. The highest BCUT2D eigenvalue weighted by Gasteiger charge is 2.41. The van der Waals surface area contributed by atoms with Gasteiger partial charge in [0, 0.05) is 30.9 Å². The second-order valence-electron chi connectivity index (χ2n) is 16.5. The molecule has 0 aromatic heterocycles. The molecule has 68 heavy (non-hydrogen) atoms. The van der Waals surface area contributed by atoms with Crippen molar-refractivity contribution in [2.45, 2.75) is 120 Å². The van der Waals surface area contributed by atoms with Gasteiger partial charge in [-0.05, 0) is 50.1 Å². The van der Waals surface area contributed by atoms with Gasteiger partial charge >= 0.3 is 0 Å². The van der Waals surface area contributed by atoms with Crippen LogP contribution in [0.2, 0.25) is 0 Å². The highest BCUT2D eigenvalue weighted by molar-refractivity contribution is 8.76. The van der Waals surface area contributed by atoms with Gasteiger partial charge in [0.05, 0.1) is 19.0 Å². The van der Waals surface area contributed by atoms with E-state index in [-0.39, 0.29) is 50.3 Å². The largest absolute Gasteiger partial charge is 0.370 e. The maximum atomic E-state index is 14.5. The van der Waals surface area contributed by atoms with E-state index in [1.807, 2.05) is 0 Å². The van der Waals surface area contributed by atoms with Gasteiger partial charge in [-0.15, -0.1) is 0 Å². The summed E-state index contributed by atoms with van der Waals surface area (Å²) in [5.41, 5.74) is 28.7. The lowest BCUT2D eigenvalue weighted by Gasteiger charge is -2.31. The van der Waals surface area contributed by atoms with Crippen LogP contribution in [-0.4, -0.2) is 149 Å². The smallest absolute Gasteiger partial charge is 0.246 e. The van der Waals surface area contributed by atoms with Crippen LogP contribution in [0.25, 0.3) is 0 Å². The topological polar surface area (TPSA) is 405 Å². The van der Waals surface area contributed by atoms with Crippen molar-refractivity contribution >= 4 is 86.6 Å². The molecule has 0 aliphatic carbocycles. The van der Waals surface area contributed by atoms with Gasteiger partial charge in [-0.2, -0.15) is 0 Å². The molecule has 2 fully saturated rings. The fourth-order valence-electron chi connectivity index (χ4n) is 7.21. The first-order valence-corrected chi connectivity index (χ1v) is 24.7. The zero-order valence-corrected chi connectivity index (χ0v) is 39.8. The summed E-state index contributed by atoms with van der Waals surface area (Å²) < 4.78 is 0. The van der Waals surface area contributed by atoms with Crippen LogP contribution in [0.5, 0.6) is 0 Å². The molecule has 2 aliphatic heterocycles. The van der Waals surface area contributed by atoms with Crippen molar-refractivity contribution in [1.29, 1.82) is 0 Å². The van der Waals surface area contributed by atoms with E-state index in [2.05, 4.69) is 37.2 Å². The second-order valence-corrected chi connectivity index (χ2v) is 19.1. The Morgan fingerprint density at radius 1 is 0.794 bits per heavy atom. The first kappa shape index (κ1) is 56.3. The van der Waals surface area contributed by atoms with Crippen molar-refractivity contribution < 1.29 is 52.7 Å². The quantitative estimate of drug-likeness (QED) is 0.0616. The van der Waals surface area contributed by atoms with Crippen LogP contribution in [0, 0.1) is 5.92 Å². The van der Waals surface area contributed by atoms with E-state index in [0.29, 0.717) is 24.8 Å². The fourth-order valence-corrected chi connectivity index (χ4v) is 9.49. The highest BCUT2D eigenvalue weighted by atomic mass is 33.1. The highest BCUT2D eigenvalue weighted by Crippen LogP contribution is 2.26. The van der Waals surface area contributed by atoms with Crippen molar-refractivity contribution in [2.75, 3.05) is 31.1 Å². The monoisotopic (exact) mass is 991 g/mol. The molecule has 11 amide bonds. The van der Waals surface area contributed by atoms with E-state index in [9.17, 15) is 52.7 Å². The summed E-state index contributed by atoms with van der Waals surface area (Å²) in [6.45, 7) is 3.18. The van der Waals surface area contributed by atoms with Crippen LogP contribution in [0.15, 0.2) is 30.3 Å². The van der Waals surface area contributed by atoms with E-state index in [4.69, 9.17) is 28.7 Å². The SMILES string of the molecule is CC[C@H](C)[C@@H]1NC(=O)[C@H](Cc2ccccc2)NC(=O)[C@@H](N)CSSC[C@@H](C(=O)N2CCC[C@H]2C(=O)N[C@@H](CCCN)C(=O)NCC(N)=O)NC(=O)[C@H](CC(N)=O)NC(=O)C(CCC(N)=O)NC1=O. The van der Waals surface area contributed by atoms with Gasteiger partial charge in [0.2, 0.25) is 65.0 Å². The Labute approximate surface area is 401 Å². The number of nitrogens with one attached hydrogen (secondary N) is 7. The number of hydrogen-bond acceptors (Lipinski definition) is 15. The lowest BCUT2D eigenvalue weighted by atomic mass is 9.96. The Bertz CT molecular complexity index is 1980. The average Bonchev–Trinajstić information content (AvgIpc) is 3.80. The minimum absolute atomic E-state index is 0.00260. The van der Waals surface area contributed by atoms with Crippen LogP contribution < -0.4 is 65.9 Å². The normalized spacial score (nSPS) is 24.4. The van der Waals surface area contributed by atoms with Gasteiger partial charge in [0.1, 0.15) is 42.3 Å². The standard InChI is InChI=1S/C42H65N13O11S2/c1-3-22(2)34-41(65)50-26(13-14-31(45)56)37(61)52-28(18-32(46)57)38(62)53-29(21-68-67-20-24(44)35(59)51-27(39(63)54-34)17-23-9-5-4-6-10-23)42(66)55-16-8-12-30(55)40(64)49-25(11-7-15-43)36(60)48-19-33(47)58/h4-6,9-10,22,24-30,34H,3,7-8,11-21,43-44H2,1-2H3,(H2,45,56)(H2,46,57)(H2,47,58)(H,48,60)(H,49,64)(H,50,65)(H,51,59)(H,52,61)(H,53,62)(H,54,63)/t22-,24-,25-,26?,27-,28-,29-,30-,34-/m0/s1. The molecule has 3 rings (SSSR count). The first-order chi connectivity index (χ1) is 32.2. The third kappa shape index (κ3) is 18.2. The molecule has 1 aromatic carbocycles. The van der Waals surface area contributed by atoms with Crippen molar-refractivity contribution in [3.63, 3.8) is 0 Å². The number of hydrogen-bond donors (Lipinski definition) is 12. The van der Waals surface area contributed by atoms with Gasteiger partial charge in [-0.25, -0.2) is 0 Å². The lowest BCUT2D eigenvalue weighted by Crippen LogP contribution is -2.61. The maximum absolute atomic E-state index is 14.5. The van der Waals surface area contributed by atoms with Crippen LogP contribution in [-0.2, 0) is 59.2 Å². The Morgan fingerprint density at radius 2 is 1.43 bits per heavy atom. The molecule has 376 valence electrons. The predicted molar refractivity (Wildman–Crippen MR) is 252 cm³/mol. The molecular weight excluding hydrogens is 927 g/mol. The summed E-state index contributed by atoms with van der Waals surface area (Å²) in [7, 11) is 2.08. The van der Waals surface area contributed by atoms with Crippen molar-refractivity contribution in [3.05, 3.63) is 35.9 Å². The summed E-state index contributed by atoms with van der Waals surface area (Å²) in [4.78, 5) is 148. The Morgan fingerprint density at radius 3 is 2.06 bits per heavy atom. The average molecular weight is 992 g/mol. The second kappa shape index (κ2) is 28.4.